The van der Waals surface area contributed by atoms with Crippen molar-refractivity contribution in [2.45, 2.75) is 45.2 Å². The van der Waals surface area contributed by atoms with Gasteiger partial charge in [-0.25, -0.2) is 9.97 Å². The Labute approximate surface area is 146 Å². The van der Waals surface area contributed by atoms with Crippen molar-refractivity contribution >= 4 is 34.2 Å². The number of benzene rings is 1. The lowest BCUT2D eigenvalue weighted by atomic mass is 10.0. The fourth-order valence-corrected chi connectivity index (χ4v) is 3.98. The van der Waals surface area contributed by atoms with Crippen LogP contribution in [0.5, 0.6) is 0 Å². The van der Waals surface area contributed by atoms with Gasteiger partial charge in [0.2, 0.25) is 5.91 Å². The van der Waals surface area contributed by atoms with Crippen molar-refractivity contribution in [1.29, 1.82) is 0 Å². The van der Waals surface area contributed by atoms with Crippen LogP contribution >= 0.6 is 11.6 Å². The number of carbonyl (C=O) groups is 1. The van der Waals surface area contributed by atoms with Gasteiger partial charge in [0, 0.05) is 23.0 Å². The topological polar surface area (TPSA) is 58.1 Å². The van der Waals surface area contributed by atoms with Gasteiger partial charge in [-0.3, -0.25) is 4.79 Å². The zero-order valence-corrected chi connectivity index (χ0v) is 14.7. The highest BCUT2D eigenvalue weighted by atomic mass is 35.5. The minimum absolute atomic E-state index is 0.145. The third-order valence-electron chi connectivity index (χ3n) is 5.33. The number of rotatable bonds is 3. The Morgan fingerprint density at radius 1 is 1.42 bits per heavy atom. The van der Waals surface area contributed by atoms with E-state index in [9.17, 15) is 4.79 Å². The van der Waals surface area contributed by atoms with Gasteiger partial charge in [0.25, 0.3) is 0 Å². The van der Waals surface area contributed by atoms with E-state index in [1.54, 1.807) is 6.07 Å². The number of amides is 1. The quantitative estimate of drug-likeness (QED) is 0.926. The van der Waals surface area contributed by atoms with E-state index in [1.165, 1.54) is 19.2 Å². The summed E-state index contributed by atoms with van der Waals surface area (Å²) in [6, 6.07) is 5.50. The van der Waals surface area contributed by atoms with Gasteiger partial charge in [0.15, 0.2) is 0 Å². The number of hydrogen-bond acceptors (Lipinski definition) is 4. The molecule has 0 radical (unpaired) electrons. The molecule has 4 rings (SSSR count). The van der Waals surface area contributed by atoms with Gasteiger partial charge >= 0.3 is 0 Å². The summed E-state index contributed by atoms with van der Waals surface area (Å²) >= 11 is 6.02. The smallest absolute Gasteiger partial charge is 0.245 e. The van der Waals surface area contributed by atoms with Crippen LogP contribution in [0, 0.1) is 5.41 Å². The van der Waals surface area contributed by atoms with Crippen molar-refractivity contribution in [2.24, 2.45) is 5.41 Å². The summed E-state index contributed by atoms with van der Waals surface area (Å²) in [6.45, 7) is 4.95. The molecule has 1 N–H and O–H groups in total. The van der Waals surface area contributed by atoms with Gasteiger partial charge in [-0.15, -0.1) is 0 Å². The molecule has 1 saturated heterocycles. The number of anilines is 1. The summed E-state index contributed by atoms with van der Waals surface area (Å²) < 4.78 is 0. The van der Waals surface area contributed by atoms with Crippen LogP contribution in [0.1, 0.15) is 33.1 Å². The number of halogens is 1. The van der Waals surface area contributed by atoms with Crippen LogP contribution in [-0.4, -0.2) is 39.4 Å². The molecule has 1 aromatic carbocycles. The first-order valence-corrected chi connectivity index (χ1v) is 8.83. The predicted octanol–water partition coefficient (Wildman–Crippen LogP) is 3.48. The van der Waals surface area contributed by atoms with Gasteiger partial charge < -0.3 is 10.2 Å². The molecule has 2 aromatic rings. The third-order valence-corrected chi connectivity index (χ3v) is 5.56. The van der Waals surface area contributed by atoms with Gasteiger partial charge in [-0.05, 0) is 56.7 Å². The number of aromatic nitrogens is 2. The Kier molecular flexibility index (Phi) is 3.64. The number of nitrogens with zero attached hydrogens (tertiary/aromatic N) is 3. The first-order chi connectivity index (χ1) is 11.5. The molecule has 1 amide bonds. The van der Waals surface area contributed by atoms with Crippen LogP contribution in [0.15, 0.2) is 24.5 Å². The van der Waals surface area contributed by atoms with Crippen molar-refractivity contribution in [3.63, 3.8) is 0 Å². The summed E-state index contributed by atoms with van der Waals surface area (Å²) in [4.78, 5) is 23.4. The van der Waals surface area contributed by atoms with Gasteiger partial charge in [-0.2, -0.15) is 0 Å². The van der Waals surface area contributed by atoms with Crippen LogP contribution in [0.3, 0.4) is 0 Å². The molecule has 2 atom stereocenters. The van der Waals surface area contributed by atoms with E-state index in [0.717, 1.165) is 23.9 Å². The second kappa shape index (κ2) is 5.59. The summed E-state index contributed by atoms with van der Waals surface area (Å²) in [7, 11) is 0. The van der Waals surface area contributed by atoms with E-state index in [4.69, 9.17) is 11.6 Å². The maximum atomic E-state index is 12.9. The monoisotopic (exact) mass is 344 g/mol. The van der Waals surface area contributed by atoms with Gasteiger partial charge in [0.1, 0.15) is 18.2 Å². The average Bonchev–Trinajstić information content (AvgIpc) is 3.22. The molecular weight excluding hydrogens is 324 g/mol. The first-order valence-electron chi connectivity index (χ1n) is 8.45. The van der Waals surface area contributed by atoms with Crippen molar-refractivity contribution < 1.29 is 4.79 Å². The maximum absolute atomic E-state index is 12.9. The molecule has 126 valence electrons. The fraction of sp³-hybridized carbons (Fsp3) is 0.500. The number of fused-ring (bicyclic) bond motifs is 1. The standard InChI is InChI=1S/C18H21ClN4O/c1-11-8-18(5-6-18)9-23(11)17(24)12(2)22-16-14-4-3-13(19)7-15(14)20-10-21-16/h3-4,7,10-12H,5-6,8-9H2,1-2H3,(H,20,21,22)/t11-,12+/m0/s1. The molecule has 0 unspecified atom stereocenters. The zero-order chi connectivity index (χ0) is 16.9. The Bertz CT molecular complexity index is 805. The lowest BCUT2D eigenvalue weighted by Crippen LogP contribution is -2.43. The number of carbonyl (C=O) groups excluding carboxylic acids is 1. The zero-order valence-electron chi connectivity index (χ0n) is 13.9. The number of nitrogens with one attached hydrogen (secondary N) is 1. The van der Waals surface area contributed by atoms with Crippen LogP contribution in [-0.2, 0) is 4.79 Å². The highest BCUT2D eigenvalue weighted by Crippen LogP contribution is 2.54. The molecule has 1 aliphatic heterocycles. The Morgan fingerprint density at radius 2 is 2.21 bits per heavy atom. The molecule has 1 aromatic heterocycles. The molecule has 2 aliphatic rings. The van der Waals surface area contributed by atoms with E-state index in [0.29, 0.717) is 22.3 Å². The largest absolute Gasteiger partial charge is 0.358 e. The molecule has 1 aliphatic carbocycles. The summed E-state index contributed by atoms with van der Waals surface area (Å²) in [6.07, 6.45) is 5.16. The minimum Gasteiger partial charge on any atom is -0.358 e. The molecule has 6 heteroatoms. The van der Waals surface area contributed by atoms with E-state index >= 15 is 0 Å². The highest BCUT2D eigenvalue weighted by molar-refractivity contribution is 6.31. The summed E-state index contributed by atoms with van der Waals surface area (Å²) in [5, 5.41) is 4.77. The lowest BCUT2D eigenvalue weighted by Gasteiger charge is -2.26. The van der Waals surface area contributed by atoms with Crippen molar-refractivity contribution in [2.75, 3.05) is 11.9 Å². The second-order valence-corrected chi connectivity index (χ2v) is 7.71. The van der Waals surface area contributed by atoms with Crippen LogP contribution in [0.2, 0.25) is 5.02 Å². The van der Waals surface area contributed by atoms with Crippen LogP contribution in [0.25, 0.3) is 10.9 Å². The van der Waals surface area contributed by atoms with E-state index < -0.39 is 0 Å². The molecule has 1 spiro atoms. The number of likely N-dealkylation sites (tertiary alicyclic amines) is 1. The van der Waals surface area contributed by atoms with Crippen LogP contribution < -0.4 is 5.32 Å². The first kappa shape index (κ1) is 15.6. The SMILES string of the molecule is C[C@@H](Nc1ncnc2cc(Cl)ccc12)C(=O)N1CC2(CC2)C[C@@H]1C. The molecule has 5 nitrogen and oxygen atoms in total. The Morgan fingerprint density at radius 3 is 2.92 bits per heavy atom. The summed E-state index contributed by atoms with van der Waals surface area (Å²) in [5.74, 6) is 0.817. The van der Waals surface area contributed by atoms with E-state index in [1.807, 2.05) is 24.0 Å². The third kappa shape index (κ3) is 2.71. The number of hydrogen-bond donors (Lipinski definition) is 1. The van der Waals surface area contributed by atoms with E-state index in [2.05, 4.69) is 22.2 Å². The second-order valence-electron chi connectivity index (χ2n) is 7.27. The predicted molar refractivity (Wildman–Crippen MR) is 95.1 cm³/mol. The minimum atomic E-state index is -0.324. The molecule has 2 fully saturated rings. The van der Waals surface area contributed by atoms with Gasteiger partial charge in [-0.1, -0.05) is 11.6 Å². The highest BCUT2D eigenvalue weighted by Gasteiger charge is 2.52. The van der Waals surface area contributed by atoms with E-state index in [-0.39, 0.29) is 11.9 Å². The molecule has 0 bridgehead atoms. The van der Waals surface area contributed by atoms with Crippen molar-refractivity contribution in [1.82, 2.24) is 14.9 Å². The summed E-state index contributed by atoms with van der Waals surface area (Å²) in [5.41, 5.74) is 1.19. The fourth-order valence-electron chi connectivity index (χ4n) is 3.81. The molecule has 1 saturated carbocycles. The molecular formula is C18H21ClN4O. The van der Waals surface area contributed by atoms with Crippen LogP contribution in [0.4, 0.5) is 5.82 Å². The Hall–Kier alpha value is -1.88. The Balaban J connectivity index is 1.54. The normalized spacial score (nSPS) is 22.8. The molecule has 24 heavy (non-hydrogen) atoms. The van der Waals surface area contributed by atoms with Gasteiger partial charge in [0.05, 0.1) is 5.52 Å². The lowest BCUT2D eigenvalue weighted by molar-refractivity contribution is -0.132. The van der Waals surface area contributed by atoms with Crippen molar-refractivity contribution in [3.8, 4) is 0 Å². The molecule has 2 heterocycles. The van der Waals surface area contributed by atoms with Crippen molar-refractivity contribution in [3.05, 3.63) is 29.5 Å². The maximum Gasteiger partial charge on any atom is 0.245 e. The average molecular weight is 345 g/mol.